The summed E-state index contributed by atoms with van der Waals surface area (Å²) in [6.07, 6.45) is 0. The molecule has 0 unspecified atom stereocenters. The summed E-state index contributed by atoms with van der Waals surface area (Å²) >= 11 is 0.974. The van der Waals surface area contributed by atoms with Gasteiger partial charge in [-0.25, -0.2) is 16.8 Å². The summed E-state index contributed by atoms with van der Waals surface area (Å²) in [7, 11) is -7.63. The molecule has 0 saturated carbocycles. The molecule has 0 radical (unpaired) electrons. The van der Waals surface area contributed by atoms with Gasteiger partial charge in [0.2, 0.25) is 15.7 Å². The highest BCUT2D eigenvalue weighted by Gasteiger charge is 2.30. The highest BCUT2D eigenvalue weighted by atomic mass is 32.2. The van der Waals surface area contributed by atoms with Gasteiger partial charge in [0.05, 0.1) is 17.1 Å². The Morgan fingerprint density at radius 3 is 2.38 bits per heavy atom. The summed E-state index contributed by atoms with van der Waals surface area (Å²) in [6, 6.07) is 7.57. The van der Waals surface area contributed by atoms with Crippen molar-refractivity contribution in [3.63, 3.8) is 0 Å². The van der Waals surface area contributed by atoms with Crippen molar-refractivity contribution < 1.29 is 30.4 Å². The van der Waals surface area contributed by atoms with Crippen molar-refractivity contribution in [2.24, 2.45) is 0 Å². The van der Waals surface area contributed by atoms with Gasteiger partial charge in [-0.05, 0) is 23.6 Å². The lowest BCUT2D eigenvalue weighted by Crippen LogP contribution is -2.34. The van der Waals surface area contributed by atoms with Crippen molar-refractivity contribution in [2.45, 2.75) is 14.9 Å². The Morgan fingerprint density at radius 2 is 1.81 bits per heavy atom. The molecule has 0 saturated heterocycles. The van der Waals surface area contributed by atoms with Crippen LogP contribution < -0.4 is 5.32 Å². The molecule has 0 fully saturated rings. The van der Waals surface area contributed by atoms with E-state index in [-0.39, 0.29) is 9.90 Å². The predicted octanol–water partition coefficient (Wildman–Crippen LogP) is 2.00. The molecular weight excluding hydrogens is 410 g/mol. The van der Waals surface area contributed by atoms with Crippen LogP contribution >= 0.6 is 11.3 Å². The molecule has 0 atom stereocenters. The quantitative estimate of drug-likeness (QED) is 0.733. The first-order chi connectivity index (χ1) is 12.1. The number of nitrogens with zero attached hydrogens (tertiary/aromatic N) is 1. The van der Waals surface area contributed by atoms with Crippen molar-refractivity contribution in [3.05, 3.63) is 41.8 Å². The highest BCUT2D eigenvalue weighted by molar-refractivity contribution is 7.92. The summed E-state index contributed by atoms with van der Waals surface area (Å²) in [5.74, 6) is -4.52. The Balaban J connectivity index is 2.19. The first-order valence-corrected chi connectivity index (χ1v) is 10.8. The summed E-state index contributed by atoms with van der Waals surface area (Å²) in [4.78, 5) is 11.3. The number of carbonyl (C=O) groups is 1. The lowest BCUT2D eigenvalue weighted by atomic mass is 10.3. The van der Waals surface area contributed by atoms with Crippen LogP contribution in [-0.4, -0.2) is 46.4 Å². The summed E-state index contributed by atoms with van der Waals surface area (Å²) in [6.45, 7) is -0.622. The van der Waals surface area contributed by atoms with Crippen molar-refractivity contribution in [2.75, 3.05) is 18.9 Å². The maximum absolute atomic E-state index is 12.8. The Kier molecular flexibility index (Phi) is 6.11. The molecule has 2 aromatic rings. The third-order valence-corrected chi connectivity index (χ3v) is 7.84. The maximum atomic E-state index is 12.8. The standard InChI is InChI=1S/C14H14F2N2O5S3/c1-18(26(22,23)13-7-4-8-24-13)9-12(19)17-10-5-2-3-6-11(10)25(20,21)14(15)16/h2-8,14H,9H2,1H3,(H,17,19). The van der Waals surface area contributed by atoms with E-state index < -0.39 is 43.0 Å². The van der Waals surface area contributed by atoms with Gasteiger partial charge in [-0.15, -0.1) is 11.3 Å². The fourth-order valence-corrected chi connectivity index (χ4v) is 5.17. The van der Waals surface area contributed by atoms with Gasteiger partial charge in [0.1, 0.15) is 4.21 Å². The van der Waals surface area contributed by atoms with Crippen LogP contribution in [0.3, 0.4) is 0 Å². The van der Waals surface area contributed by atoms with Crippen molar-refractivity contribution in [1.29, 1.82) is 0 Å². The number of hydrogen-bond donors (Lipinski definition) is 1. The summed E-state index contributed by atoms with van der Waals surface area (Å²) in [5, 5.41) is 3.73. The summed E-state index contributed by atoms with van der Waals surface area (Å²) < 4.78 is 74.2. The normalized spacial score (nSPS) is 12.5. The first kappa shape index (κ1) is 20.4. The monoisotopic (exact) mass is 424 g/mol. The number of nitrogens with one attached hydrogen (secondary N) is 1. The molecule has 0 aliphatic rings. The zero-order valence-corrected chi connectivity index (χ0v) is 15.7. The van der Waals surface area contributed by atoms with E-state index in [1.807, 2.05) is 0 Å². The molecule has 142 valence electrons. The average Bonchev–Trinajstić information content (AvgIpc) is 3.10. The molecule has 1 N–H and O–H groups in total. The van der Waals surface area contributed by atoms with Gasteiger partial charge in [-0.1, -0.05) is 18.2 Å². The molecule has 1 aromatic carbocycles. The molecule has 0 aliphatic carbocycles. The van der Waals surface area contributed by atoms with Crippen LogP contribution in [-0.2, 0) is 24.7 Å². The van der Waals surface area contributed by atoms with Crippen LogP contribution in [0, 0.1) is 0 Å². The first-order valence-electron chi connectivity index (χ1n) is 6.97. The largest absolute Gasteiger partial charge is 0.341 e. The Bertz CT molecular complexity index is 989. The van der Waals surface area contributed by atoms with Gasteiger partial charge < -0.3 is 5.32 Å². The number of sulfonamides is 1. The van der Waals surface area contributed by atoms with E-state index in [0.717, 1.165) is 27.8 Å². The molecule has 0 aliphatic heterocycles. The number of amides is 1. The van der Waals surface area contributed by atoms with E-state index in [2.05, 4.69) is 5.32 Å². The molecule has 7 nitrogen and oxygen atoms in total. The number of benzene rings is 1. The topological polar surface area (TPSA) is 101 Å². The highest BCUT2D eigenvalue weighted by Crippen LogP contribution is 2.26. The van der Waals surface area contributed by atoms with Crippen molar-refractivity contribution in [3.8, 4) is 0 Å². The van der Waals surface area contributed by atoms with E-state index in [0.29, 0.717) is 0 Å². The SMILES string of the molecule is CN(CC(=O)Nc1ccccc1S(=O)(=O)C(F)F)S(=O)(=O)c1cccs1. The second kappa shape index (κ2) is 7.78. The molecule has 1 aromatic heterocycles. The van der Waals surface area contributed by atoms with Gasteiger partial charge >= 0.3 is 5.76 Å². The van der Waals surface area contributed by atoms with Crippen molar-refractivity contribution in [1.82, 2.24) is 4.31 Å². The predicted molar refractivity (Wildman–Crippen MR) is 92.4 cm³/mol. The number of anilines is 1. The molecule has 12 heteroatoms. The number of thiophene rings is 1. The van der Waals surface area contributed by atoms with E-state index in [1.165, 1.54) is 31.3 Å². The van der Waals surface area contributed by atoms with Gasteiger partial charge in [0.25, 0.3) is 10.0 Å². The van der Waals surface area contributed by atoms with Gasteiger partial charge in [0.15, 0.2) is 0 Å². The van der Waals surface area contributed by atoms with Crippen LogP contribution in [0.1, 0.15) is 0 Å². The molecule has 1 heterocycles. The van der Waals surface area contributed by atoms with E-state index in [1.54, 1.807) is 5.38 Å². The average molecular weight is 424 g/mol. The zero-order chi connectivity index (χ0) is 19.5. The maximum Gasteiger partial charge on any atom is 0.341 e. The van der Waals surface area contributed by atoms with Crippen LogP contribution in [0.4, 0.5) is 14.5 Å². The number of alkyl halides is 2. The van der Waals surface area contributed by atoms with Crippen LogP contribution in [0.15, 0.2) is 50.9 Å². The smallest absolute Gasteiger partial charge is 0.324 e. The van der Waals surface area contributed by atoms with Crippen LogP contribution in [0.2, 0.25) is 0 Å². The molecule has 2 rings (SSSR count). The molecule has 0 spiro atoms. The minimum Gasteiger partial charge on any atom is -0.324 e. The van der Waals surface area contributed by atoms with E-state index in [4.69, 9.17) is 0 Å². The Morgan fingerprint density at radius 1 is 1.15 bits per heavy atom. The second-order valence-corrected chi connectivity index (χ2v) is 10.1. The number of rotatable bonds is 7. The molecule has 0 bridgehead atoms. The fourth-order valence-electron chi connectivity index (χ4n) is 1.95. The van der Waals surface area contributed by atoms with Crippen LogP contribution in [0.5, 0.6) is 0 Å². The number of sulfone groups is 1. The molecule has 26 heavy (non-hydrogen) atoms. The second-order valence-electron chi connectivity index (χ2n) is 5.04. The van der Waals surface area contributed by atoms with E-state index in [9.17, 15) is 30.4 Å². The minimum atomic E-state index is -4.92. The third-order valence-electron chi connectivity index (χ3n) is 3.23. The third kappa shape index (κ3) is 4.26. The van der Waals surface area contributed by atoms with Crippen LogP contribution in [0.25, 0.3) is 0 Å². The number of hydrogen-bond acceptors (Lipinski definition) is 6. The minimum absolute atomic E-state index is 0.0356. The number of carbonyl (C=O) groups excluding carboxylic acids is 1. The Labute approximate surface area is 153 Å². The lowest BCUT2D eigenvalue weighted by molar-refractivity contribution is -0.116. The fraction of sp³-hybridized carbons (Fsp3) is 0.214. The van der Waals surface area contributed by atoms with Gasteiger partial charge in [-0.2, -0.15) is 13.1 Å². The molecular formula is C14H14F2N2O5S3. The van der Waals surface area contributed by atoms with Crippen molar-refractivity contribution >= 4 is 42.8 Å². The number of likely N-dealkylation sites (N-methyl/N-ethyl adjacent to an activating group) is 1. The number of halogens is 2. The zero-order valence-electron chi connectivity index (χ0n) is 13.3. The Hall–Kier alpha value is -1.89. The number of para-hydroxylation sites is 1. The summed E-state index contributed by atoms with van der Waals surface area (Å²) in [5.41, 5.74) is -0.347. The lowest BCUT2D eigenvalue weighted by Gasteiger charge is -2.16. The molecule has 1 amide bonds. The van der Waals surface area contributed by atoms with E-state index >= 15 is 0 Å². The van der Waals surface area contributed by atoms with Gasteiger partial charge in [-0.3, -0.25) is 4.79 Å². The van der Waals surface area contributed by atoms with Gasteiger partial charge in [0, 0.05) is 7.05 Å².